The van der Waals surface area contributed by atoms with Gasteiger partial charge in [-0.15, -0.1) is 0 Å². The highest BCUT2D eigenvalue weighted by molar-refractivity contribution is 5.64. The molecule has 1 aliphatic carbocycles. The van der Waals surface area contributed by atoms with Crippen molar-refractivity contribution in [1.29, 1.82) is 0 Å². The summed E-state index contributed by atoms with van der Waals surface area (Å²) in [6, 6.07) is 14.1. The average molecular weight is 488 g/mol. The van der Waals surface area contributed by atoms with Crippen molar-refractivity contribution in [2.24, 2.45) is 11.8 Å². The topological polar surface area (TPSA) is 18.5 Å². The van der Waals surface area contributed by atoms with Crippen LogP contribution in [0.25, 0.3) is 11.1 Å². The van der Waals surface area contributed by atoms with Gasteiger partial charge in [0.05, 0.1) is 18.3 Å². The Morgan fingerprint density at radius 2 is 1.34 bits per heavy atom. The van der Waals surface area contributed by atoms with Gasteiger partial charge in [-0.05, 0) is 53.5 Å². The molecule has 1 saturated carbocycles. The molecule has 1 heterocycles. The molecule has 3 aromatic carbocycles. The summed E-state index contributed by atoms with van der Waals surface area (Å²) in [5.41, 5.74) is 2.19. The van der Waals surface area contributed by atoms with E-state index in [1.165, 1.54) is 49.9 Å². The van der Waals surface area contributed by atoms with Crippen molar-refractivity contribution in [3.8, 4) is 16.9 Å². The van der Waals surface area contributed by atoms with Crippen LogP contribution in [-0.2, 0) is 10.8 Å². The number of halogens is 5. The molecular formula is C28H25F5O2. The second-order valence-electron chi connectivity index (χ2n) is 9.37. The summed E-state index contributed by atoms with van der Waals surface area (Å²) in [5.74, 6) is -4.25. The molecule has 2 atom stereocenters. The Morgan fingerprint density at radius 3 is 1.86 bits per heavy atom. The summed E-state index contributed by atoms with van der Waals surface area (Å²) in [4.78, 5) is 0. The van der Waals surface area contributed by atoms with Gasteiger partial charge in [0.25, 0.3) is 0 Å². The fourth-order valence-corrected chi connectivity index (χ4v) is 4.86. The van der Waals surface area contributed by atoms with Crippen molar-refractivity contribution in [2.45, 2.75) is 44.3 Å². The fourth-order valence-electron chi connectivity index (χ4n) is 4.86. The van der Waals surface area contributed by atoms with E-state index in [1.54, 1.807) is 0 Å². The van der Waals surface area contributed by atoms with E-state index in [0.29, 0.717) is 18.1 Å². The molecular weight excluding hydrogens is 463 g/mol. The van der Waals surface area contributed by atoms with E-state index >= 15 is 0 Å². The summed E-state index contributed by atoms with van der Waals surface area (Å²) in [6.07, 6.45) is 2.40. The second kappa shape index (κ2) is 9.61. The first-order valence-electron chi connectivity index (χ1n) is 11.8. The lowest BCUT2D eigenvalue weighted by atomic mass is 9.73. The van der Waals surface area contributed by atoms with Gasteiger partial charge < -0.3 is 9.47 Å². The van der Waals surface area contributed by atoms with Crippen LogP contribution in [0.5, 0.6) is 5.75 Å². The molecule has 7 heteroatoms. The lowest BCUT2D eigenvalue weighted by molar-refractivity contribution is -0.185. The van der Waals surface area contributed by atoms with Gasteiger partial charge >= 0.3 is 6.11 Å². The van der Waals surface area contributed by atoms with Gasteiger partial charge in [-0.1, -0.05) is 55.7 Å². The zero-order valence-electron chi connectivity index (χ0n) is 19.0. The molecule has 184 valence electrons. The maximum absolute atomic E-state index is 14.5. The van der Waals surface area contributed by atoms with Crippen LogP contribution in [0.2, 0.25) is 0 Å². The molecule has 0 N–H and O–H groups in total. The molecule has 0 radical (unpaired) electrons. The monoisotopic (exact) mass is 488 g/mol. The summed E-state index contributed by atoms with van der Waals surface area (Å²) in [6.45, 7) is 0.812. The molecule has 0 spiro atoms. The van der Waals surface area contributed by atoms with E-state index in [4.69, 9.17) is 4.74 Å². The number of hydrogen-bond acceptors (Lipinski definition) is 2. The molecule has 1 saturated heterocycles. The van der Waals surface area contributed by atoms with Crippen LogP contribution in [0.1, 0.15) is 49.3 Å². The van der Waals surface area contributed by atoms with Crippen molar-refractivity contribution >= 4 is 0 Å². The smallest absolute Gasteiger partial charge is 0.426 e. The molecule has 0 amide bonds. The minimum atomic E-state index is -3.87. The SMILES string of the molecule is Fc1cc(OC(F)(F)c2ccc(-c3ccc(C4CCC(C5CCC5)CO4)cc3)cc2)cc(F)c1F. The Hall–Kier alpha value is -2.93. The predicted octanol–water partition coefficient (Wildman–Crippen LogP) is 8.17. The summed E-state index contributed by atoms with van der Waals surface area (Å²) in [7, 11) is 0. The second-order valence-corrected chi connectivity index (χ2v) is 9.37. The highest BCUT2D eigenvalue weighted by Crippen LogP contribution is 2.41. The third-order valence-electron chi connectivity index (χ3n) is 7.17. The number of benzene rings is 3. The maximum Gasteiger partial charge on any atom is 0.426 e. The fraction of sp³-hybridized carbons (Fsp3) is 0.357. The van der Waals surface area contributed by atoms with E-state index in [1.807, 2.05) is 24.3 Å². The Bertz CT molecular complexity index is 1140. The van der Waals surface area contributed by atoms with E-state index in [0.717, 1.165) is 35.6 Å². The number of ether oxygens (including phenoxy) is 2. The molecule has 0 bridgehead atoms. The Kier molecular flexibility index (Phi) is 6.53. The predicted molar refractivity (Wildman–Crippen MR) is 121 cm³/mol. The first kappa shape index (κ1) is 23.8. The van der Waals surface area contributed by atoms with Crippen LogP contribution in [0, 0.1) is 29.3 Å². The maximum atomic E-state index is 14.5. The summed E-state index contributed by atoms with van der Waals surface area (Å²) < 4.78 is 79.4. The summed E-state index contributed by atoms with van der Waals surface area (Å²) >= 11 is 0. The van der Waals surface area contributed by atoms with Gasteiger partial charge in [0.1, 0.15) is 5.75 Å². The van der Waals surface area contributed by atoms with Crippen LogP contribution >= 0.6 is 0 Å². The van der Waals surface area contributed by atoms with E-state index in [9.17, 15) is 22.0 Å². The first-order valence-corrected chi connectivity index (χ1v) is 11.8. The molecule has 5 rings (SSSR count). The third-order valence-corrected chi connectivity index (χ3v) is 7.17. The Morgan fingerprint density at radius 1 is 0.743 bits per heavy atom. The van der Waals surface area contributed by atoms with Gasteiger partial charge in [0, 0.05) is 12.1 Å². The molecule has 2 aliphatic rings. The van der Waals surface area contributed by atoms with E-state index in [2.05, 4.69) is 4.74 Å². The highest BCUT2D eigenvalue weighted by atomic mass is 19.3. The van der Waals surface area contributed by atoms with Crippen LogP contribution in [-0.4, -0.2) is 6.61 Å². The average Bonchev–Trinajstić information content (AvgIpc) is 2.82. The first-order chi connectivity index (χ1) is 16.8. The quantitative estimate of drug-likeness (QED) is 0.257. The van der Waals surface area contributed by atoms with Crippen LogP contribution in [0.3, 0.4) is 0 Å². The van der Waals surface area contributed by atoms with Crippen molar-refractivity contribution in [2.75, 3.05) is 6.61 Å². The highest BCUT2D eigenvalue weighted by Gasteiger charge is 2.35. The van der Waals surface area contributed by atoms with Crippen LogP contribution in [0.15, 0.2) is 60.7 Å². The zero-order chi connectivity index (χ0) is 24.6. The molecule has 2 fully saturated rings. The van der Waals surface area contributed by atoms with Crippen molar-refractivity contribution in [3.05, 3.63) is 89.2 Å². The standard InChI is InChI=1S/C28H25F5O2/c29-24-14-23(15-25(30)27(24)31)35-28(32,33)22-11-8-19(9-12-22)18-4-6-20(7-5-18)26-13-10-21(16-34-26)17-2-1-3-17/h4-9,11-12,14-15,17,21,26H,1-3,10,13,16H2. The number of hydrogen-bond donors (Lipinski definition) is 0. The Balaban J connectivity index is 1.23. The van der Waals surface area contributed by atoms with Crippen LogP contribution < -0.4 is 4.74 Å². The zero-order valence-corrected chi connectivity index (χ0v) is 19.0. The third kappa shape index (κ3) is 5.06. The lowest BCUT2D eigenvalue weighted by Gasteiger charge is -2.38. The lowest BCUT2D eigenvalue weighted by Crippen LogP contribution is -2.30. The molecule has 2 nitrogen and oxygen atoms in total. The van der Waals surface area contributed by atoms with Crippen molar-refractivity contribution < 1.29 is 31.4 Å². The number of alkyl halides is 2. The number of rotatable bonds is 6. The molecule has 0 aromatic heterocycles. The molecule has 35 heavy (non-hydrogen) atoms. The largest absolute Gasteiger partial charge is 0.429 e. The van der Waals surface area contributed by atoms with Crippen molar-refractivity contribution in [1.82, 2.24) is 0 Å². The van der Waals surface area contributed by atoms with Crippen molar-refractivity contribution in [3.63, 3.8) is 0 Å². The minimum Gasteiger partial charge on any atom is -0.429 e. The van der Waals surface area contributed by atoms with Gasteiger partial charge in [0.2, 0.25) is 0 Å². The van der Waals surface area contributed by atoms with Gasteiger partial charge in [-0.2, -0.15) is 8.78 Å². The van der Waals surface area contributed by atoms with E-state index < -0.39 is 34.9 Å². The van der Waals surface area contributed by atoms with Crippen LogP contribution in [0.4, 0.5) is 22.0 Å². The summed E-state index contributed by atoms with van der Waals surface area (Å²) in [5, 5.41) is 0. The van der Waals surface area contributed by atoms with Gasteiger partial charge in [-0.25, -0.2) is 13.2 Å². The van der Waals surface area contributed by atoms with Gasteiger partial charge in [0.15, 0.2) is 17.5 Å². The van der Waals surface area contributed by atoms with Gasteiger partial charge in [-0.3, -0.25) is 0 Å². The minimum absolute atomic E-state index is 0.0831. The van der Waals surface area contributed by atoms with E-state index in [-0.39, 0.29) is 6.10 Å². The molecule has 1 aliphatic heterocycles. The Labute approximate surface area is 200 Å². The molecule has 3 aromatic rings. The normalized spacial score (nSPS) is 20.9. The molecule has 2 unspecified atom stereocenters.